The standard InChI is InChI=1S/C23H19F3N4O4S/c1-13(31)28-7-8-29-22-30-21(32)20(35-22)11-14-3-6-18(19(10-14)33-2)34-17-5-4-15(12-27)9-16(17)23(24,25)26/h3-6,9-11H,7-8H2,1-2H3,(H,28,31)(H,29,30,32)/b20-11-. The number of nitriles is 1. The summed E-state index contributed by atoms with van der Waals surface area (Å²) < 4.78 is 51.1. The number of hydrogen-bond donors (Lipinski definition) is 2. The Kier molecular flexibility index (Phi) is 8.03. The first-order chi connectivity index (χ1) is 16.6. The zero-order valence-electron chi connectivity index (χ0n) is 18.5. The van der Waals surface area contributed by atoms with E-state index in [4.69, 9.17) is 14.7 Å². The quantitative estimate of drug-likeness (QED) is 0.434. The molecule has 0 atom stereocenters. The minimum Gasteiger partial charge on any atom is -0.493 e. The lowest BCUT2D eigenvalue weighted by Crippen LogP contribution is -2.24. The fourth-order valence-corrected chi connectivity index (χ4v) is 3.78. The van der Waals surface area contributed by atoms with Crippen LogP contribution in [-0.2, 0) is 15.8 Å². The van der Waals surface area contributed by atoms with Gasteiger partial charge in [0.05, 0.1) is 35.8 Å². The number of benzene rings is 2. The molecule has 12 heteroatoms. The van der Waals surface area contributed by atoms with Gasteiger partial charge in [0.15, 0.2) is 16.7 Å². The van der Waals surface area contributed by atoms with Crippen LogP contribution in [0.1, 0.15) is 23.6 Å². The molecular weight excluding hydrogens is 485 g/mol. The normalized spacial score (nSPS) is 15.6. The summed E-state index contributed by atoms with van der Waals surface area (Å²) in [5.74, 6) is -0.853. The van der Waals surface area contributed by atoms with Crippen molar-refractivity contribution in [3.05, 3.63) is 58.0 Å². The van der Waals surface area contributed by atoms with Crippen molar-refractivity contribution < 1.29 is 32.2 Å². The minimum absolute atomic E-state index is 0.0219. The van der Waals surface area contributed by atoms with Gasteiger partial charge in [-0.15, -0.1) is 0 Å². The number of rotatable bonds is 7. The number of amidine groups is 1. The lowest BCUT2D eigenvalue weighted by molar-refractivity contribution is -0.138. The molecule has 1 saturated heterocycles. The van der Waals surface area contributed by atoms with Crippen LogP contribution in [0.25, 0.3) is 6.08 Å². The largest absolute Gasteiger partial charge is 0.493 e. The van der Waals surface area contributed by atoms with Crippen molar-refractivity contribution in [1.29, 1.82) is 5.26 Å². The third kappa shape index (κ3) is 6.77. The number of aliphatic imine (C=N–C) groups is 1. The van der Waals surface area contributed by atoms with Crippen molar-refractivity contribution in [2.45, 2.75) is 13.1 Å². The molecule has 0 spiro atoms. The number of nitrogens with one attached hydrogen (secondary N) is 2. The predicted molar refractivity (Wildman–Crippen MR) is 124 cm³/mol. The van der Waals surface area contributed by atoms with Crippen molar-refractivity contribution in [3.63, 3.8) is 0 Å². The molecule has 0 radical (unpaired) electrons. The SMILES string of the molecule is COc1cc(/C=C2\SC(=NCCNC(C)=O)NC2=O)ccc1Oc1ccc(C#N)cc1C(F)(F)F. The van der Waals surface area contributed by atoms with Gasteiger partial charge in [0, 0.05) is 13.5 Å². The number of alkyl halides is 3. The van der Waals surface area contributed by atoms with Crippen LogP contribution in [0.3, 0.4) is 0 Å². The second kappa shape index (κ2) is 11.0. The summed E-state index contributed by atoms with van der Waals surface area (Å²) in [6, 6.07) is 9.17. The van der Waals surface area contributed by atoms with Gasteiger partial charge in [-0.25, -0.2) is 0 Å². The molecule has 0 saturated carbocycles. The van der Waals surface area contributed by atoms with Gasteiger partial charge >= 0.3 is 6.18 Å². The molecule has 2 N–H and O–H groups in total. The number of halogens is 3. The van der Waals surface area contributed by atoms with Gasteiger partial charge in [0.2, 0.25) is 5.91 Å². The highest BCUT2D eigenvalue weighted by Gasteiger charge is 2.35. The van der Waals surface area contributed by atoms with Crippen LogP contribution in [0, 0.1) is 11.3 Å². The molecule has 2 amide bonds. The summed E-state index contributed by atoms with van der Waals surface area (Å²) in [5.41, 5.74) is -0.694. The molecule has 1 aliphatic rings. The first-order valence-corrected chi connectivity index (χ1v) is 10.9. The molecule has 3 rings (SSSR count). The topological polar surface area (TPSA) is 113 Å². The van der Waals surface area contributed by atoms with Crippen LogP contribution in [0.2, 0.25) is 0 Å². The molecule has 0 unspecified atom stereocenters. The van der Waals surface area contributed by atoms with E-state index in [1.807, 2.05) is 0 Å². The molecule has 0 bridgehead atoms. The number of methoxy groups -OCH3 is 1. The number of thioether (sulfide) groups is 1. The van der Waals surface area contributed by atoms with Crippen molar-refractivity contribution >= 4 is 34.8 Å². The Bertz CT molecular complexity index is 1250. The average molecular weight is 504 g/mol. The summed E-state index contributed by atoms with van der Waals surface area (Å²) in [6.45, 7) is 2.02. The maximum absolute atomic E-state index is 13.4. The van der Waals surface area contributed by atoms with Gasteiger partial charge < -0.3 is 20.1 Å². The van der Waals surface area contributed by atoms with Gasteiger partial charge in [-0.05, 0) is 53.7 Å². The second-order valence-electron chi connectivity index (χ2n) is 7.07. The second-order valence-corrected chi connectivity index (χ2v) is 8.10. The maximum atomic E-state index is 13.4. The molecule has 1 fully saturated rings. The molecule has 35 heavy (non-hydrogen) atoms. The lowest BCUT2D eigenvalue weighted by Gasteiger charge is -2.16. The van der Waals surface area contributed by atoms with E-state index in [1.165, 1.54) is 32.2 Å². The van der Waals surface area contributed by atoms with Crippen molar-refractivity contribution in [2.75, 3.05) is 20.2 Å². The van der Waals surface area contributed by atoms with Gasteiger partial charge in [0.25, 0.3) is 5.91 Å². The van der Waals surface area contributed by atoms with Crippen LogP contribution in [0.15, 0.2) is 46.3 Å². The Balaban J connectivity index is 1.80. The summed E-state index contributed by atoms with van der Waals surface area (Å²) in [6.07, 6.45) is -3.15. The van der Waals surface area contributed by atoms with E-state index in [2.05, 4.69) is 15.6 Å². The predicted octanol–water partition coefficient (Wildman–Crippen LogP) is 4.07. The smallest absolute Gasteiger partial charge is 0.420 e. The van der Waals surface area contributed by atoms with Crippen molar-refractivity contribution in [3.8, 4) is 23.3 Å². The van der Waals surface area contributed by atoms with Gasteiger partial charge in [-0.2, -0.15) is 18.4 Å². The molecule has 8 nitrogen and oxygen atoms in total. The van der Waals surface area contributed by atoms with E-state index in [-0.39, 0.29) is 28.9 Å². The summed E-state index contributed by atoms with van der Waals surface area (Å²) in [7, 11) is 1.33. The van der Waals surface area contributed by atoms with E-state index in [0.717, 1.165) is 17.8 Å². The minimum atomic E-state index is -4.73. The van der Waals surface area contributed by atoms with E-state index >= 15 is 0 Å². The first kappa shape index (κ1) is 25.6. The Hall–Kier alpha value is -3.98. The number of hydrogen-bond acceptors (Lipinski definition) is 7. The highest BCUT2D eigenvalue weighted by molar-refractivity contribution is 8.18. The third-order valence-electron chi connectivity index (χ3n) is 4.51. The molecule has 2 aromatic carbocycles. The zero-order chi connectivity index (χ0) is 25.6. The zero-order valence-corrected chi connectivity index (χ0v) is 19.3. The summed E-state index contributed by atoms with van der Waals surface area (Å²) in [4.78, 5) is 27.7. The molecule has 0 aromatic heterocycles. The van der Waals surface area contributed by atoms with E-state index in [1.54, 1.807) is 18.2 Å². The monoisotopic (exact) mass is 504 g/mol. The van der Waals surface area contributed by atoms with Crippen LogP contribution < -0.4 is 20.1 Å². The molecular formula is C23H19F3N4O4S. The molecule has 2 aromatic rings. The molecule has 1 aliphatic heterocycles. The van der Waals surface area contributed by atoms with Gasteiger partial charge in [0.1, 0.15) is 5.75 Å². The van der Waals surface area contributed by atoms with E-state index < -0.39 is 17.5 Å². The van der Waals surface area contributed by atoms with E-state index in [9.17, 15) is 22.8 Å². The molecule has 182 valence electrons. The summed E-state index contributed by atoms with van der Waals surface area (Å²) >= 11 is 1.12. The lowest BCUT2D eigenvalue weighted by atomic mass is 10.1. The van der Waals surface area contributed by atoms with Crippen LogP contribution in [-0.4, -0.2) is 37.2 Å². The number of carbonyl (C=O) groups is 2. The first-order valence-electron chi connectivity index (χ1n) is 10.1. The number of amides is 2. The fraction of sp³-hybridized carbons (Fsp3) is 0.217. The fourth-order valence-electron chi connectivity index (χ4n) is 2.93. The highest BCUT2D eigenvalue weighted by atomic mass is 32.2. The van der Waals surface area contributed by atoms with Gasteiger partial charge in [-0.3, -0.25) is 14.6 Å². The molecule has 0 aliphatic carbocycles. The highest BCUT2D eigenvalue weighted by Crippen LogP contribution is 2.41. The Morgan fingerprint density at radius 3 is 2.63 bits per heavy atom. The van der Waals surface area contributed by atoms with Crippen LogP contribution in [0.5, 0.6) is 17.2 Å². The third-order valence-corrected chi connectivity index (χ3v) is 5.46. The number of nitrogens with zero attached hydrogens (tertiary/aromatic N) is 2. The molecule has 1 heterocycles. The van der Waals surface area contributed by atoms with Crippen LogP contribution in [0.4, 0.5) is 13.2 Å². The van der Waals surface area contributed by atoms with Crippen LogP contribution >= 0.6 is 11.8 Å². The number of ether oxygens (including phenoxy) is 2. The average Bonchev–Trinajstić information content (AvgIpc) is 3.15. The van der Waals surface area contributed by atoms with E-state index in [0.29, 0.717) is 34.8 Å². The summed E-state index contributed by atoms with van der Waals surface area (Å²) in [5, 5.41) is 14.5. The Morgan fingerprint density at radius 1 is 1.23 bits per heavy atom. The Labute approximate surface area is 202 Å². The number of carbonyl (C=O) groups excluding carboxylic acids is 2. The Morgan fingerprint density at radius 2 is 1.97 bits per heavy atom. The van der Waals surface area contributed by atoms with Gasteiger partial charge in [-0.1, -0.05) is 6.07 Å². The maximum Gasteiger partial charge on any atom is 0.420 e. The van der Waals surface area contributed by atoms with Crippen molar-refractivity contribution in [2.24, 2.45) is 4.99 Å². The van der Waals surface area contributed by atoms with Crippen molar-refractivity contribution in [1.82, 2.24) is 10.6 Å².